The van der Waals surface area contributed by atoms with Gasteiger partial charge in [-0.1, -0.05) is 6.07 Å². The molecule has 0 spiro atoms. The molecule has 0 atom stereocenters. The number of thiophene rings is 1. The first-order chi connectivity index (χ1) is 15.5. The third kappa shape index (κ3) is 3.85. The van der Waals surface area contributed by atoms with E-state index >= 15 is 0 Å². The number of aromatic nitrogens is 2. The van der Waals surface area contributed by atoms with Gasteiger partial charge in [0, 0.05) is 10.9 Å². The number of carboxylic acid groups (broad SMARTS) is 1. The number of carbonyl (C=O) groups is 1. The Balaban J connectivity index is 1.91. The van der Waals surface area contributed by atoms with Crippen LogP contribution in [0.15, 0.2) is 56.3 Å². The molecule has 33 heavy (non-hydrogen) atoms. The molecule has 0 fully saturated rings. The molecule has 4 rings (SSSR count). The number of carboxylic acids is 1. The predicted molar refractivity (Wildman–Crippen MR) is 112 cm³/mol. The Labute approximate surface area is 186 Å². The number of hydrogen-bond donors (Lipinski definition) is 2. The van der Waals surface area contributed by atoms with Gasteiger partial charge < -0.3 is 10.1 Å². The van der Waals surface area contributed by atoms with Crippen LogP contribution in [0.4, 0.5) is 13.2 Å². The van der Waals surface area contributed by atoms with E-state index in [1.165, 1.54) is 5.38 Å². The molecular weight excluding hydrogens is 485 g/mol. The van der Waals surface area contributed by atoms with Crippen LogP contribution in [-0.2, 0) is 15.6 Å². The van der Waals surface area contributed by atoms with Crippen molar-refractivity contribution < 1.29 is 31.5 Å². The Morgan fingerprint density at radius 3 is 2.36 bits per heavy atom. The van der Waals surface area contributed by atoms with Crippen LogP contribution >= 0.6 is 11.3 Å². The fraction of sp³-hybridized carbons (Fsp3) is 0.0500. The van der Waals surface area contributed by atoms with Crippen molar-refractivity contribution >= 4 is 38.0 Å². The Bertz CT molecular complexity index is 1650. The van der Waals surface area contributed by atoms with Crippen molar-refractivity contribution in [1.29, 1.82) is 0 Å². The van der Waals surface area contributed by atoms with E-state index in [2.05, 4.69) is 4.98 Å². The molecule has 0 bridgehead atoms. The minimum Gasteiger partial charge on any atom is -0.477 e. The maximum Gasteiger partial charge on any atom is 0.346 e. The quantitative estimate of drug-likeness (QED) is 0.409. The molecule has 0 saturated heterocycles. The summed E-state index contributed by atoms with van der Waals surface area (Å²) in [5, 5.41) is 10.1. The van der Waals surface area contributed by atoms with Gasteiger partial charge in [0.25, 0.3) is 5.56 Å². The summed E-state index contributed by atoms with van der Waals surface area (Å²) in [6.07, 6.45) is 0. The number of nitrogens with one attached hydrogen (secondary N) is 1. The van der Waals surface area contributed by atoms with Gasteiger partial charge in [-0.15, -0.1) is 11.3 Å². The van der Waals surface area contributed by atoms with Gasteiger partial charge in [-0.25, -0.2) is 35.7 Å². The molecule has 8 nitrogen and oxygen atoms in total. The molecule has 4 aromatic rings. The van der Waals surface area contributed by atoms with E-state index < -0.39 is 76.7 Å². The van der Waals surface area contributed by atoms with Gasteiger partial charge in [0.2, 0.25) is 0 Å². The van der Waals surface area contributed by atoms with Crippen molar-refractivity contribution in [1.82, 2.24) is 9.55 Å². The smallest absolute Gasteiger partial charge is 0.346 e. The largest absolute Gasteiger partial charge is 0.477 e. The van der Waals surface area contributed by atoms with Gasteiger partial charge in [0.1, 0.15) is 22.3 Å². The number of aromatic amines is 1. The number of sulfone groups is 1. The van der Waals surface area contributed by atoms with E-state index in [1.807, 2.05) is 0 Å². The highest BCUT2D eigenvalue weighted by Crippen LogP contribution is 2.25. The van der Waals surface area contributed by atoms with Crippen LogP contribution in [0.2, 0.25) is 0 Å². The molecule has 0 unspecified atom stereocenters. The van der Waals surface area contributed by atoms with E-state index in [0.29, 0.717) is 23.5 Å². The summed E-state index contributed by atoms with van der Waals surface area (Å²) in [6.45, 7) is 0. The second-order valence-corrected chi connectivity index (χ2v) is 9.67. The highest BCUT2D eigenvalue weighted by molar-refractivity contribution is 7.90. The number of rotatable bonds is 5. The molecule has 13 heteroatoms. The van der Waals surface area contributed by atoms with E-state index in [-0.39, 0.29) is 10.1 Å². The Hall–Kier alpha value is -3.71. The predicted octanol–water partition coefficient (Wildman–Crippen LogP) is 2.83. The first-order valence-electron chi connectivity index (χ1n) is 8.96. The number of benzene rings is 2. The topological polar surface area (TPSA) is 126 Å². The van der Waals surface area contributed by atoms with Crippen LogP contribution in [0.1, 0.15) is 15.2 Å². The van der Waals surface area contributed by atoms with Crippen molar-refractivity contribution in [2.45, 2.75) is 10.6 Å². The molecule has 0 amide bonds. The molecule has 2 heterocycles. The number of aromatic carboxylic acids is 1. The zero-order valence-electron chi connectivity index (χ0n) is 16.1. The van der Waals surface area contributed by atoms with Crippen molar-refractivity contribution in [3.63, 3.8) is 0 Å². The Kier molecular flexibility index (Phi) is 5.46. The number of halogens is 3. The summed E-state index contributed by atoms with van der Waals surface area (Å²) in [6, 6.07) is 4.96. The fourth-order valence-electron chi connectivity index (χ4n) is 3.21. The van der Waals surface area contributed by atoms with Crippen molar-refractivity contribution in [2.24, 2.45) is 0 Å². The number of H-pyrrole nitrogens is 1. The lowest BCUT2D eigenvalue weighted by molar-refractivity contribution is 0.0704. The van der Waals surface area contributed by atoms with E-state index in [4.69, 9.17) is 0 Å². The van der Waals surface area contributed by atoms with Gasteiger partial charge in [0.15, 0.2) is 9.84 Å². The molecule has 0 aliphatic carbocycles. The van der Waals surface area contributed by atoms with E-state index in [9.17, 15) is 41.1 Å². The van der Waals surface area contributed by atoms with Gasteiger partial charge in [-0.3, -0.25) is 4.79 Å². The third-order valence-electron chi connectivity index (χ3n) is 4.76. The lowest BCUT2D eigenvalue weighted by atomic mass is 10.2. The summed E-state index contributed by atoms with van der Waals surface area (Å²) >= 11 is 0.670. The lowest BCUT2D eigenvalue weighted by Crippen LogP contribution is -2.34. The van der Waals surface area contributed by atoms with Crippen molar-refractivity contribution in [2.75, 3.05) is 0 Å². The molecule has 2 aromatic carbocycles. The lowest BCUT2D eigenvalue weighted by Gasteiger charge is -2.11. The summed E-state index contributed by atoms with van der Waals surface area (Å²) in [4.78, 5) is 38.0. The third-order valence-corrected chi connectivity index (χ3v) is 7.37. The van der Waals surface area contributed by atoms with Gasteiger partial charge in [-0.2, -0.15) is 0 Å². The van der Waals surface area contributed by atoms with Crippen LogP contribution < -0.4 is 11.2 Å². The maximum atomic E-state index is 14.6. The van der Waals surface area contributed by atoms with Crippen molar-refractivity contribution in [3.05, 3.63) is 90.5 Å². The molecule has 0 radical (unpaired) electrons. The average molecular weight is 496 g/mol. The van der Waals surface area contributed by atoms with Crippen molar-refractivity contribution in [3.8, 4) is 5.69 Å². The first-order valence-corrected chi connectivity index (χ1v) is 11.5. The number of nitrogens with zero attached hydrogens (tertiary/aromatic N) is 1. The molecule has 2 aromatic heterocycles. The molecule has 0 aliphatic rings. The standard InChI is InChI=1S/C20H11F3N2O6S2/c21-11-2-1-3-12(22)10(11)8-33(30,31)9-4-5-13(23)15(6-9)25-18(26)16-14(24-20(25)29)7-32-17(16)19(27)28/h1-7H,8H2,(H,24,29)(H,27,28). The monoisotopic (exact) mass is 496 g/mol. The maximum absolute atomic E-state index is 14.6. The van der Waals surface area contributed by atoms with Gasteiger partial charge >= 0.3 is 11.7 Å². The van der Waals surface area contributed by atoms with Gasteiger partial charge in [0.05, 0.1) is 27.2 Å². The number of fused-ring (bicyclic) bond motifs is 1. The molecule has 2 N–H and O–H groups in total. The summed E-state index contributed by atoms with van der Waals surface area (Å²) < 4.78 is 68.3. The van der Waals surface area contributed by atoms with Crippen LogP contribution in [-0.4, -0.2) is 29.0 Å². The van der Waals surface area contributed by atoms with E-state index in [0.717, 1.165) is 24.3 Å². The van der Waals surface area contributed by atoms with Crippen LogP contribution in [0.5, 0.6) is 0 Å². The Morgan fingerprint density at radius 2 is 1.73 bits per heavy atom. The first kappa shape index (κ1) is 22.5. The summed E-state index contributed by atoms with van der Waals surface area (Å²) in [5.41, 5.74) is -3.91. The summed E-state index contributed by atoms with van der Waals surface area (Å²) in [7, 11) is -4.45. The zero-order valence-corrected chi connectivity index (χ0v) is 17.8. The fourth-order valence-corrected chi connectivity index (χ4v) is 5.43. The minimum atomic E-state index is -4.45. The highest BCUT2D eigenvalue weighted by Gasteiger charge is 2.24. The second kappa shape index (κ2) is 8.01. The normalized spacial score (nSPS) is 11.7. The van der Waals surface area contributed by atoms with Gasteiger partial charge in [-0.05, 0) is 30.3 Å². The van der Waals surface area contributed by atoms with Crippen LogP contribution in [0, 0.1) is 17.5 Å². The Morgan fingerprint density at radius 1 is 1.06 bits per heavy atom. The zero-order chi connectivity index (χ0) is 24.1. The second-order valence-electron chi connectivity index (χ2n) is 6.80. The van der Waals surface area contributed by atoms with E-state index in [1.54, 1.807) is 0 Å². The molecule has 0 saturated carbocycles. The average Bonchev–Trinajstić information content (AvgIpc) is 3.16. The highest BCUT2D eigenvalue weighted by atomic mass is 32.2. The minimum absolute atomic E-state index is 0.0807. The molecule has 0 aliphatic heterocycles. The van der Waals surface area contributed by atoms with Crippen LogP contribution in [0.3, 0.4) is 0 Å². The molecular formula is C20H11F3N2O6S2. The SMILES string of the molecule is O=C(O)c1scc2[nH]c(=O)n(-c3cc(S(=O)(=O)Cc4c(F)cccc4F)ccc3F)c(=O)c12. The molecule has 170 valence electrons. The summed E-state index contributed by atoms with van der Waals surface area (Å²) in [5.74, 6) is -5.91. The van der Waals surface area contributed by atoms with Crippen LogP contribution in [0.25, 0.3) is 16.6 Å². The number of hydrogen-bond acceptors (Lipinski definition) is 6.